The van der Waals surface area contributed by atoms with Crippen molar-refractivity contribution in [2.24, 2.45) is 5.92 Å². The molecule has 11 heteroatoms. The van der Waals surface area contributed by atoms with Crippen molar-refractivity contribution in [2.75, 3.05) is 5.32 Å². The van der Waals surface area contributed by atoms with E-state index in [9.17, 15) is 22.4 Å². The molecule has 3 heterocycles. The monoisotopic (exact) mass is 425 g/mol. The SMILES string of the molecule is Cc1nc2c(cc(C)n2Cc2cc(C(F)(F)F)no2)nc1NC(=O)CC1CC(F)C1. The lowest BCUT2D eigenvalue weighted by molar-refractivity contribution is -0.142. The molecule has 1 saturated carbocycles. The number of carbonyl (C=O) groups excluding carboxylic acids is 1. The van der Waals surface area contributed by atoms with Crippen LogP contribution < -0.4 is 5.32 Å². The summed E-state index contributed by atoms with van der Waals surface area (Å²) in [7, 11) is 0. The summed E-state index contributed by atoms with van der Waals surface area (Å²) >= 11 is 0. The highest BCUT2D eigenvalue weighted by molar-refractivity contribution is 5.91. The van der Waals surface area contributed by atoms with E-state index in [1.54, 1.807) is 24.5 Å². The number of halogens is 4. The number of carbonyl (C=O) groups is 1. The molecule has 4 rings (SSSR count). The molecule has 0 spiro atoms. The Morgan fingerprint density at radius 1 is 1.27 bits per heavy atom. The van der Waals surface area contributed by atoms with Gasteiger partial charge in [0, 0.05) is 18.2 Å². The highest BCUT2D eigenvalue weighted by Gasteiger charge is 2.35. The first kappa shape index (κ1) is 20.3. The van der Waals surface area contributed by atoms with E-state index >= 15 is 0 Å². The van der Waals surface area contributed by atoms with E-state index < -0.39 is 18.0 Å². The Hall–Kier alpha value is -2.98. The van der Waals surface area contributed by atoms with Crippen LogP contribution >= 0.6 is 0 Å². The lowest BCUT2D eigenvalue weighted by Gasteiger charge is -2.28. The molecule has 1 aliphatic rings. The molecule has 3 aromatic heterocycles. The molecular weight excluding hydrogens is 406 g/mol. The fourth-order valence-corrected chi connectivity index (χ4v) is 3.52. The van der Waals surface area contributed by atoms with E-state index in [4.69, 9.17) is 4.52 Å². The van der Waals surface area contributed by atoms with E-state index in [1.807, 2.05) is 0 Å². The highest BCUT2D eigenvalue weighted by Crippen LogP contribution is 2.33. The predicted octanol–water partition coefficient (Wildman–Crippen LogP) is 4.18. The van der Waals surface area contributed by atoms with Crippen LogP contribution in [0.3, 0.4) is 0 Å². The molecule has 1 aliphatic carbocycles. The van der Waals surface area contributed by atoms with Gasteiger partial charge in [0.05, 0.1) is 12.2 Å². The number of alkyl halides is 4. The quantitative estimate of drug-likeness (QED) is 0.620. The molecule has 1 N–H and O–H groups in total. The van der Waals surface area contributed by atoms with Crippen molar-refractivity contribution in [2.45, 2.75) is 52.0 Å². The fourth-order valence-electron chi connectivity index (χ4n) is 3.52. The van der Waals surface area contributed by atoms with Crippen LogP contribution in [0.1, 0.15) is 42.1 Å². The molecule has 1 amide bonds. The Labute approximate surface area is 168 Å². The number of aromatic nitrogens is 4. The molecule has 0 saturated heterocycles. The summed E-state index contributed by atoms with van der Waals surface area (Å²) in [6.45, 7) is 3.44. The van der Waals surface area contributed by atoms with Gasteiger partial charge in [-0.15, -0.1) is 0 Å². The van der Waals surface area contributed by atoms with E-state index in [-0.39, 0.29) is 30.6 Å². The minimum absolute atomic E-state index is 0.00428. The first-order valence-electron chi connectivity index (χ1n) is 9.41. The normalized spacial score (nSPS) is 19.1. The maximum atomic E-state index is 12.9. The molecule has 0 radical (unpaired) electrons. The van der Waals surface area contributed by atoms with Gasteiger partial charge in [-0.2, -0.15) is 13.2 Å². The number of nitrogens with one attached hydrogen (secondary N) is 1. The molecular formula is C19H19F4N5O2. The third-order valence-electron chi connectivity index (χ3n) is 5.18. The van der Waals surface area contributed by atoms with Crippen molar-refractivity contribution in [1.29, 1.82) is 0 Å². The molecule has 0 unspecified atom stereocenters. The van der Waals surface area contributed by atoms with Gasteiger partial charge < -0.3 is 14.4 Å². The second kappa shape index (κ2) is 7.37. The van der Waals surface area contributed by atoms with Crippen molar-refractivity contribution in [3.05, 3.63) is 35.0 Å². The lowest BCUT2D eigenvalue weighted by atomic mass is 9.81. The molecule has 0 aromatic carbocycles. The van der Waals surface area contributed by atoms with Crippen molar-refractivity contribution in [3.63, 3.8) is 0 Å². The number of anilines is 1. The number of nitrogens with zero attached hydrogens (tertiary/aromatic N) is 4. The zero-order chi connectivity index (χ0) is 21.6. The Morgan fingerprint density at radius 3 is 2.63 bits per heavy atom. The summed E-state index contributed by atoms with van der Waals surface area (Å²) in [6.07, 6.45) is -4.37. The number of aryl methyl sites for hydroxylation is 2. The van der Waals surface area contributed by atoms with Crippen LogP contribution in [-0.2, 0) is 17.5 Å². The van der Waals surface area contributed by atoms with Crippen molar-refractivity contribution in [3.8, 4) is 0 Å². The summed E-state index contributed by atoms with van der Waals surface area (Å²) in [4.78, 5) is 21.1. The average Bonchev–Trinajstić information content (AvgIpc) is 3.20. The molecule has 1 fully saturated rings. The molecule has 0 aliphatic heterocycles. The van der Waals surface area contributed by atoms with Crippen LogP contribution in [0.2, 0.25) is 0 Å². The number of fused-ring (bicyclic) bond motifs is 1. The third-order valence-corrected chi connectivity index (χ3v) is 5.18. The summed E-state index contributed by atoms with van der Waals surface area (Å²) in [6, 6.07) is 2.57. The van der Waals surface area contributed by atoms with E-state index in [1.165, 1.54) is 0 Å². The van der Waals surface area contributed by atoms with E-state index in [0.717, 1.165) is 6.07 Å². The summed E-state index contributed by atoms with van der Waals surface area (Å²) in [5.74, 6) is 0.135. The maximum absolute atomic E-state index is 12.9. The predicted molar refractivity (Wildman–Crippen MR) is 98.5 cm³/mol. The topological polar surface area (TPSA) is 85.8 Å². The highest BCUT2D eigenvalue weighted by atomic mass is 19.4. The standard InChI is InChI=1S/C19H19F4N5O2/c1-9-3-14-18(28(9)8-13-7-15(27-30-13)19(21,22)23)24-10(2)17(25-14)26-16(29)6-11-4-12(20)5-11/h3,7,11-12H,4-6,8H2,1-2H3,(H,25,26,29). The smallest absolute Gasteiger partial charge is 0.359 e. The number of rotatable bonds is 5. The largest absolute Gasteiger partial charge is 0.436 e. The molecule has 160 valence electrons. The minimum Gasteiger partial charge on any atom is -0.359 e. The molecule has 30 heavy (non-hydrogen) atoms. The van der Waals surface area contributed by atoms with Crippen molar-refractivity contribution >= 4 is 22.9 Å². The van der Waals surface area contributed by atoms with E-state index in [0.29, 0.717) is 41.2 Å². The molecule has 3 aromatic rings. The first-order valence-corrected chi connectivity index (χ1v) is 9.41. The van der Waals surface area contributed by atoms with Crippen LogP contribution in [0.25, 0.3) is 11.2 Å². The van der Waals surface area contributed by atoms with Gasteiger partial charge in [0.15, 0.2) is 22.9 Å². The Morgan fingerprint density at radius 2 is 2.00 bits per heavy atom. The van der Waals surface area contributed by atoms with Crippen LogP contribution in [0.15, 0.2) is 16.7 Å². The molecule has 7 nitrogen and oxygen atoms in total. The number of hydrogen-bond acceptors (Lipinski definition) is 5. The number of hydrogen-bond donors (Lipinski definition) is 1. The zero-order valence-corrected chi connectivity index (χ0v) is 16.3. The Bertz CT molecular complexity index is 1100. The Kier molecular flexibility index (Phi) is 4.99. The second-order valence-electron chi connectivity index (χ2n) is 7.60. The lowest BCUT2D eigenvalue weighted by Crippen LogP contribution is -2.29. The summed E-state index contributed by atoms with van der Waals surface area (Å²) in [5.41, 5.74) is 1.01. The van der Waals surface area contributed by atoms with Crippen LogP contribution in [0.4, 0.5) is 23.4 Å². The van der Waals surface area contributed by atoms with Crippen LogP contribution in [0, 0.1) is 19.8 Å². The fraction of sp³-hybridized carbons (Fsp3) is 0.474. The van der Waals surface area contributed by atoms with Gasteiger partial charge in [0.2, 0.25) is 5.91 Å². The van der Waals surface area contributed by atoms with Crippen molar-refractivity contribution < 1.29 is 26.9 Å². The summed E-state index contributed by atoms with van der Waals surface area (Å²) < 4.78 is 57.6. The number of amides is 1. The Balaban J connectivity index is 1.54. The van der Waals surface area contributed by atoms with Crippen LogP contribution in [0.5, 0.6) is 0 Å². The van der Waals surface area contributed by atoms with E-state index in [2.05, 4.69) is 20.4 Å². The zero-order valence-electron chi connectivity index (χ0n) is 16.3. The maximum Gasteiger partial charge on any atom is 0.436 e. The van der Waals surface area contributed by atoms with Crippen LogP contribution in [-0.4, -0.2) is 31.8 Å². The minimum atomic E-state index is -4.58. The van der Waals surface area contributed by atoms with Gasteiger partial charge in [-0.1, -0.05) is 5.16 Å². The summed E-state index contributed by atoms with van der Waals surface area (Å²) in [5, 5.41) is 5.78. The average molecular weight is 425 g/mol. The van der Waals surface area contributed by atoms with Crippen molar-refractivity contribution in [1.82, 2.24) is 19.7 Å². The first-order chi connectivity index (χ1) is 14.1. The molecule has 0 bridgehead atoms. The van der Waals surface area contributed by atoms with Gasteiger partial charge in [0.1, 0.15) is 11.7 Å². The third kappa shape index (κ3) is 4.01. The van der Waals surface area contributed by atoms with Gasteiger partial charge in [-0.3, -0.25) is 4.79 Å². The van der Waals surface area contributed by atoms with Gasteiger partial charge in [-0.25, -0.2) is 14.4 Å². The van der Waals surface area contributed by atoms with Gasteiger partial charge in [0.25, 0.3) is 0 Å². The van der Waals surface area contributed by atoms with Gasteiger partial charge >= 0.3 is 6.18 Å². The molecule has 0 atom stereocenters. The van der Waals surface area contributed by atoms with Gasteiger partial charge in [-0.05, 0) is 38.7 Å². The second-order valence-corrected chi connectivity index (χ2v) is 7.60.